The van der Waals surface area contributed by atoms with Gasteiger partial charge in [0.25, 0.3) is 0 Å². The molecule has 1 atom stereocenters. The number of fused-ring (bicyclic) bond motifs is 1. The second-order valence-corrected chi connectivity index (χ2v) is 9.87. The van der Waals surface area contributed by atoms with Crippen LogP contribution in [0.1, 0.15) is 16.7 Å². The minimum atomic E-state index is -3.44. The summed E-state index contributed by atoms with van der Waals surface area (Å²) < 4.78 is 42.9. The van der Waals surface area contributed by atoms with E-state index < -0.39 is 18.8 Å². The summed E-state index contributed by atoms with van der Waals surface area (Å²) in [5.74, 6) is -0.852. The Morgan fingerprint density at radius 3 is 1.80 bits per heavy atom. The third kappa shape index (κ3) is 2.86. The van der Waals surface area contributed by atoms with Crippen LogP contribution in [0, 0.1) is 11.6 Å². The molecule has 0 unspecified atom stereocenters. The van der Waals surface area contributed by atoms with Crippen molar-refractivity contribution >= 4 is 28.6 Å². The Kier molecular flexibility index (Phi) is 4.49. The topological polar surface area (TPSA) is 17.1 Å². The molecular formula is C26H17F2OP. The zero-order chi connectivity index (χ0) is 20.7. The molecule has 0 aliphatic carbocycles. The van der Waals surface area contributed by atoms with Gasteiger partial charge in [-0.3, -0.25) is 0 Å². The predicted octanol–water partition coefficient (Wildman–Crippen LogP) is 6.21. The van der Waals surface area contributed by atoms with Crippen molar-refractivity contribution in [1.29, 1.82) is 0 Å². The molecule has 4 heteroatoms. The highest BCUT2D eigenvalue weighted by Crippen LogP contribution is 2.65. The monoisotopic (exact) mass is 414 g/mol. The average molecular weight is 414 g/mol. The predicted molar refractivity (Wildman–Crippen MR) is 118 cm³/mol. The van der Waals surface area contributed by atoms with Gasteiger partial charge in [0.1, 0.15) is 11.6 Å². The first kappa shape index (κ1) is 18.7. The second kappa shape index (κ2) is 7.19. The summed E-state index contributed by atoms with van der Waals surface area (Å²) in [6.07, 6.45) is 0. The maximum absolute atomic E-state index is 14.9. The van der Waals surface area contributed by atoms with Crippen LogP contribution in [-0.4, -0.2) is 0 Å². The van der Waals surface area contributed by atoms with Crippen molar-refractivity contribution in [2.75, 3.05) is 0 Å². The first-order chi connectivity index (χ1) is 14.6. The lowest BCUT2D eigenvalue weighted by molar-refractivity contribution is 0.592. The Bertz CT molecular complexity index is 1310. The Morgan fingerprint density at radius 2 is 1.17 bits per heavy atom. The van der Waals surface area contributed by atoms with Gasteiger partial charge in [-0.2, -0.15) is 0 Å². The quantitative estimate of drug-likeness (QED) is 0.364. The minimum Gasteiger partial charge on any atom is -0.309 e. The average Bonchev–Trinajstić information content (AvgIpc) is 3.04. The van der Waals surface area contributed by atoms with Crippen molar-refractivity contribution < 1.29 is 13.3 Å². The van der Waals surface area contributed by atoms with E-state index in [1.165, 1.54) is 24.3 Å². The molecule has 4 aromatic carbocycles. The molecule has 146 valence electrons. The van der Waals surface area contributed by atoms with Crippen molar-refractivity contribution in [3.05, 3.63) is 131 Å². The van der Waals surface area contributed by atoms with Gasteiger partial charge in [0.05, 0.1) is 0 Å². The molecule has 0 aromatic heterocycles. The SMILES string of the molecule is O=[P@]1(c2ccc(F)cc2)C(c2ccccc2)=C(c2ccccc2)c2ccc(F)cc21. The van der Waals surface area contributed by atoms with Crippen molar-refractivity contribution in [3.63, 3.8) is 0 Å². The summed E-state index contributed by atoms with van der Waals surface area (Å²) in [4.78, 5) is 0. The van der Waals surface area contributed by atoms with Crippen LogP contribution < -0.4 is 10.6 Å². The highest BCUT2D eigenvalue weighted by molar-refractivity contribution is 7.88. The van der Waals surface area contributed by atoms with Crippen molar-refractivity contribution in [2.24, 2.45) is 0 Å². The summed E-state index contributed by atoms with van der Waals surface area (Å²) in [6, 6.07) is 29.4. The molecule has 30 heavy (non-hydrogen) atoms. The molecule has 0 N–H and O–H groups in total. The molecule has 0 saturated carbocycles. The normalized spacial score (nSPS) is 17.8. The van der Waals surface area contributed by atoms with E-state index in [1.807, 2.05) is 60.7 Å². The number of benzene rings is 4. The lowest BCUT2D eigenvalue weighted by Gasteiger charge is -2.19. The largest absolute Gasteiger partial charge is 0.309 e. The van der Waals surface area contributed by atoms with E-state index in [2.05, 4.69) is 0 Å². The van der Waals surface area contributed by atoms with Crippen molar-refractivity contribution in [2.45, 2.75) is 0 Å². The van der Waals surface area contributed by atoms with Crippen LogP contribution in [0.3, 0.4) is 0 Å². The van der Waals surface area contributed by atoms with Gasteiger partial charge >= 0.3 is 0 Å². The molecular weight excluding hydrogens is 397 g/mol. The zero-order valence-electron chi connectivity index (χ0n) is 15.9. The molecule has 4 aromatic rings. The second-order valence-electron chi connectivity index (χ2n) is 7.20. The van der Waals surface area contributed by atoms with Crippen LogP contribution in [-0.2, 0) is 4.57 Å². The van der Waals surface area contributed by atoms with Gasteiger partial charge in [0, 0.05) is 21.5 Å². The van der Waals surface area contributed by atoms with Crippen LogP contribution in [0.4, 0.5) is 8.78 Å². The summed E-state index contributed by atoms with van der Waals surface area (Å²) in [6.45, 7) is 0. The van der Waals surface area contributed by atoms with E-state index >= 15 is 0 Å². The highest BCUT2D eigenvalue weighted by Gasteiger charge is 2.43. The third-order valence-corrected chi connectivity index (χ3v) is 8.61. The summed E-state index contributed by atoms with van der Waals surface area (Å²) in [5, 5.41) is 1.59. The van der Waals surface area contributed by atoms with Crippen LogP contribution in [0.15, 0.2) is 103 Å². The van der Waals surface area contributed by atoms with E-state index in [-0.39, 0.29) is 0 Å². The fraction of sp³-hybridized carbons (Fsp3) is 0. The molecule has 1 heterocycles. The summed E-state index contributed by atoms with van der Waals surface area (Å²) >= 11 is 0. The molecule has 0 spiro atoms. The zero-order valence-corrected chi connectivity index (χ0v) is 16.8. The molecule has 0 amide bonds. The lowest BCUT2D eigenvalue weighted by Crippen LogP contribution is -2.16. The van der Waals surface area contributed by atoms with E-state index in [0.29, 0.717) is 15.9 Å². The first-order valence-corrected chi connectivity index (χ1v) is 11.3. The maximum Gasteiger partial charge on any atom is 0.172 e. The van der Waals surface area contributed by atoms with Crippen molar-refractivity contribution in [1.82, 2.24) is 0 Å². The van der Waals surface area contributed by atoms with E-state index in [9.17, 15) is 13.3 Å². The molecule has 0 saturated heterocycles. The smallest absolute Gasteiger partial charge is 0.172 e. The fourth-order valence-electron chi connectivity index (χ4n) is 4.12. The molecule has 1 nitrogen and oxygen atoms in total. The van der Waals surface area contributed by atoms with Gasteiger partial charge in [-0.1, -0.05) is 66.7 Å². The third-order valence-electron chi connectivity index (χ3n) is 5.42. The lowest BCUT2D eigenvalue weighted by atomic mass is 9.96. The van der Waals surface area contributed by atoms with Crippen LogP contribution in [0.5, 0.6) is 0 Å². The Hall–Kier alpha value is -3.29. The van der Waals surface area contributed by atoms with Gasteiger partial charge in [-0.05, 0) is 53.1 Å². The molecule has 0 bridgehead atoms. The number of rotatable bonds is 3. The van der Waals surface area contributed by atoms with Crippen LogP contribution in [0.25, 0.3) is 10.9 Å². The Balaban J connectivity index is 1.93. The standard InChI is InChI=1S/C26H17F2OP/c27-20-11-14-22(15-12-20)30(29)24-17-21(28)13-16-23(24)25(18-7-3-1-4-8-18)26(30)19-9-5-2-6-10-19/h1-17H/t30-/m0/s1. The molecule has 0 fully saturated rings. The highest BCUT2D eigenvalue weighted by atomic mass is 31.2. The van der Waals surface area contributed by atoms with Gasteiger partial charge in [-0.25, -0.2) is 8.78 Å². The maximum atomic E-state index is 14.9. The number of hydrogen-bond donors (Lipinski definition) is 0. The van der Waals surface area contributed by atoms with Gasteiger partial charge in [0.15, 0.2) is 7.14 Å². The van der Waals surface area contributed by atoms with Crippen LogP contribution in [0.2, 0.25) is 0 Å². The summed E-state index contributed by atoms with van der Waals surface area (Å²) in [5.41, 5.74) is 3.28. The van der Waals surface area contributed by atoms with Crippen molar-refractivity contribution in [3.8, 4) is 0 Å². The van der Waals surface area contributed by atoms with Gasteiger partial charge in [0.2, 0.25) is 0 Å². The minimum absolute atomic E-state index is 0.405. The molecule has 0 radical (unpaired) electrons. The molecule has 1 aliphatic heterocycles. The Labute approximate surface area is 173 Å². The number of halogens is 2. The van der Waals surface area contributed by atoms with E-state index in [1.54, 1.807) is 18.2 Å². The molecule has 1 aliphatic rings. The van der Waals surface area contributed by atoms with Gasteiger partial charge in [-0.15, -0.1) is 0 Å². The van der Waals surface area contributed by atoms with Gasteiger partial charge < -0.3 is 4.57 Å². The van der Waals surface area contributed by atoms with Crippen LogP contribution >= 0.6 is 7.14 Å². The Morgan fingerprint density at radius 1 is 0.600 bits per heavy atom. The van der Waals surface area contributed by atoms with E-state index in [0.717, 1.165) is 22.3 Å². The van der Waals surface area contributed by atoms with E-state index in [4.69, 9.17) is 0 Å². The number of hydrogen-bond acceptors (Lipinski definition) is 1. The first-order valence-electron chi connectivity index (χ1n) is 9.61. The molecule has 5 rings (SSSR count). The fourth-order valence-corrected chi connectivity index (χ4v) is 7.37. The summed E-state index contributed by atoms with van der Waals surface area (Å²) in [7, 11) is -3.44.